The van der Waals surface area contributed by atoms with Gasteiger partial charge in [0.1, 0.15) is 13.1 Å². The van der Waals surface area contributed by atoms with Crippen LogP contribution in [0.25, 0.3) is 0 Å². The summed E-state index contributed by atoms with van der Waals surface area (Å²) in [4.78, 5) is 5.32. The van der Waals surface area contributed by atoms with Crippen LogP contribution in [0, 0.1) is 0 Å². The van der Waals surface area contributed by atoms with Crippen LogP contribution >= 0.6 is 0 Å². The molecule has 0 unspecified atom stereocenters. The molecular formula is C8H18NO4S+. The minimum Gasteiger partial charge on any atom is -0.213 e. The Labute approximate surface area is 85.3 Å². The highest BCUT2D eigenvalue weighted by Gasteiger charge is 2.32. The summed E-state index contributed by atoms with van der Waals surface area (Å²) in [6, 6.07) is 0. The average Bonchev–Trinajstić information content (AvgIpc) is 2.15. The molecule has 5 nitrogen and oxygen atoms in total. The smallest absolute Gasteiger partial charge is 0.213 e. The van der Waals surface area contributed by atoms with Gasteiger partial charge in [0.15, 0.2) is 0 Å². The Morgan fingerprint density at radius 3 is 2.21 bits per heavy atom. The third-order valence-electron chi connectivity index (χ3n) is 2.52. The first-order chi connectivity index (χ1) is 6.47. The van der Waals surface area contributed by atoms with Crippen molar-refractivity contribution in [1.29, 1.82) is 0 Å². The van der Waals surface area contributed by atoms with Crippen LogP contribution in [0.4, 0.5) is 0 Å². The summed E-state index contributed by atoms with van der Waals surface area (Å²) in [5.41, 5.74) is 0. The standard InChI is InChI=1S/C8H18NO4S/c1-12-9(6-4-3-5-7-9)8-13-14(2,10)11/h3-8H2,1-2H3/q+1. The van der Waals surface area contributed by atoms with Gasteiger partial charge < -0.3 is 0 Å². The van der Waals surface area contributed by atoms with Crippen LogP contribution in [-0.4, -0.2) is 46.3 Å². The van der Waals surface area contributed by atoms with E-state index in [1.54, 1.807) is 7.11 Å². The number of likely N-dealkylation sites (tertiary alicyclic amines) is 1. The summed E-state index contributed by atoms with van der Waals surface area (Å²) in [6.07, 6.45) is 4.35. The van der Waals surface area contributed by atoms with E-state index in [4.69, 9.17) is 9.02 Å². The van der Waals surface area contributed by atoms with Crippen molar-refractivity contribution in [3.63, 3.8) is 0 Å². The Balaban J connectivity index is 2.52. The molecular weight excluding hydrogens is 206 g/mol. The second kappa shape index (κ2) is 4.57. The molecule has 0 aromatic rings. The summed E-state index contributed by atoms with van der Waals surface area (Å²) in [7, 11) is -1.77. The van der Waals surface area contributed by atoms with E-state index >= 15 is 0 Å². The van der Waals surface area contributed by atoms with Gasteiger partial charge in [-0.2, -0.15) is 13.1 Å². The first kappa shape index (κ1) is 11.9. The predicted octanol–water partition coefficient (Wildman–Crippen LogP) is 0.482. The van der Waals surface area contributed by atoms with Crippen LogP contribution in [0.3, 0.4) is 0 Å². The first-order valence-electron chi connectivity index (χ1n) is 4.74. The van der Waals surface area contributed by atoms with Crippen LogP contribution in [0.2, 0.25) is 0 Å². The number of piperidine rings is 1. The summed E-state index contributed by atoms with van der Waals surface area (Å²) in [5.74, 6) is 0. The van der Waals surface area contributed by atoms with Gasteiger partial charge >= 0.3 is 0 Å². The van der Waals surface area contributed by atoms with Gasteiger partial charge in [0, 0.05) is 0 Å². The van der Waals surface area contributed by atoms with Gasteiger partial charge in [0.2, 0.25) is 6.73 Å². The Kier molecular flexibility index (Phi) is 3.88. The lowest BCUT2D eigenvalue weighted by Crippen LogP contribution is -2.52. The molecule has 0 spiro atoms. The van der Waals surface area contributed by atoms with E-state index in [1.807, 2.05) is 0 Å². The Hall–Kier alpha value is -0.170. The van der Waals surface area contributed by atoms with E-state index < -0.39 is 10.1 Å². The molecule has 6 heteroatoms. The van der Waals surface area contributed by atoms with Gasteiger partial charge in [-0.3, -0.25) is 0 Å². The van der Waals surface area contributed by atoms with E-state index in [-0.39, 0.29) is 6.73 Å². The maximum atomic E-state index is 10.8. The molecule has 0 radical (unpaired) electrons. The van der Waals surface area contributed by atoms with Crippen LogP contribution in [0.5, 0.6) is 0 Å². The van der Waals surface area contributed by atoms with Crippen molar-refractivity contribution in [1.82, 2.24) is 0 Å². The number of hydroxylamine groups is 3. The highest BCUT2D eigenvalue weighted by atomic mass is 32.2. The molecule has 1 aliphatic heterocycles. The fraction of sp³-hybridized carbons (Fsp3) is 1.00. The minimum atomic E-state index is -3.37. The normalized spacial score (nSPS) is 22.1. The topological polar surface area (TPSA) is 52.6 Å². The van der Waals surface area contributed by atoms with Crippen molar-refractivity contribution >= 4 is 10.1 Å². The highest BCUT2D eigenvalue weighted by molar-refractivity contribution is 7.85. The number of rotatable bonds is 4. The summed E-state index contributed by atoms with van der Waals surface area (Å²) >= 11 is 0. The lowest BCUT2D eigenvalue weighted by atomic mass is 10.1. The molecule has 0 aliphatic carbocycles. The van der Waals surface area contributed by atoms with Crippen molar-refractivity contribution in [2.45, 2.75) is 19.3 Å². The van der Waals surface area contributed by atoms with Crippen molar-refractivity contribution in [3.8, 4) is 0 Å². The van der Waals surface area contributed by atoms with Crippen LogP contribution in [-0.2, 0) is 19.1 Å². The SMILES string of the molecule is CO[N+]1(COS(C)(=O)=O)CCCCC1. The molecule has 0 saturated carbocycles. The van der Waals surface area contributed by atoms with E-state index in [2.05, 4.69) is 0 Å². The lowest BCUT2D eigenvalue weighted by molar-refractivity contribution is -1.11. The summed E-state index contributed by atoms with van der Waals surface area (Å²) < 4.78 is 26.8. The first-order valence-corrected chi connectivity index (χ1v) is 6.55. The number of quaternary nitrogens is 1. The zero-order valence-corrected chi connectivity index (χ0v) is 9.55. The fourth-order valence-corrected chi connectivity index (χ4v) is 2.03. The molecule has 0 aromatic carbocycles. The second-order valence-electron chi connectivity index (χ2n) is 3.70. The average molecular weight is 224 g/mol. The predicted molar refractivity (Wildman–Crippen MR) is 51.7 cm³/mol. The molecule has 84 valence electrons. The van der Waals surface area contributed by atoms with Gasteiger partial charge in [0.05, 0.1) is 13.4 Å². The maximum Gasteiger partial charge on any atom is 0.269 e. The molecule has 1 heterocycles. The van der Waals surface area contributed by atoms with E-state index in [9.17, 15) is 8.42 Å². The van der Waals surface area contributed by atoms with Crippen molar-refractivity contribution in [3.05, 3.63) is 0 Å². The Bertz CT molecular complexity index is 269. The summed E-state index contributed by atoms with van der Waals surface area (Å²) in [6.45, 7) is 1.74. The molecule has 1 aliphatic rings. The van der Waals surface area contributed by atoms with Gasteiger partial charge in [-0.1, -0.05) is 0 Å². The van der Waals surface area contributed by atoms with Crippen molar-refractivity contribution < 1.29 is 22.1 Å². The number of nitrogens with zero attached hydrogens (tertiary/aromatic N) is 1. The van der Waals surface area contributed by atoms with Crippen LogP contribution in [0.15, 0.2) is 0 Å². The number of hydrogen-bond acceptors (Lipinski definition) is 4. The molecule has 14 heavy (non-hydrogen) atoms. The molecule has 0 aromatic heterocycles. The van der Waals surface area contributed by atoms with Crippen molar-refractivity contribution in [2.24, 2.45) is 0 Å². The van der Waals surface area contributed by atoms with E-state index in [0.29, 0.717) is 4.65 Å². The van der Waals surface area contributed by atoms with E-state index in [0.717, 1.165) is 32.2 Å². The second-order valence-corrected chi connectivity index (χ2v) is 5.34. The third kappa shape index (κ3) is 3.53. The largest absolute Gasteiger partial charge is 0.269 e. The monoisotopic (exact) mass is 224 g/mol. The highest BCUT2D eigenvalue weighted by Crippen LogP contribution is 2.19. The van der Waals surface area contributed by atoms with Gasteiger partial charge in [-0.05, 0) is 19.3 Å². The Morgan fingerprint density at radius 2 is 1.79 bits per heavy atom. The zero-order valence-electron chi connectivity index (χ0n) is 8.73. The van der Waals surface area contributed by atoms with Gasteiger partial charge in [-0.25, -0.2) is 9.02 Å². The molecule has 0 atom stereocenters. The van der Waals surface area contributed by atoms with E-state index in [1.165, 1.54) is 6.42 Å². The Morgan fingerprint density at radius 1 is 1.21 bits per heavy atom. The van der Waals surface area contributed by atoms with Crippen LogP contribution < -0.4 is 0 Å². The molecule has 0 N–H and O–H groups in total. The molecule has 1 fully saturated rings. The fourth-order valence-electron chi connectivity index (χ4n) is 1.64. The molecule has 0 bridgehead atoms. The summed E-state index contributed by atoms with van der Waals surface area (Å²) in [5, 5.41) is 0. The maximum absolute atomic E-state index is 10.8. The van der Waals surface area contributed by atoms with Crippen LogP contribution in [0.1, 0.15) is 19.3 Å². The molecule has 1 rings (SSSR count). The van der Waals surface area contributed by atoms with Gasteiger partial charge in [0.25, 0.3) is 10.1 Å². The van der Waals surface area contributed by atoms with Gasteiger partial charge in [-0.15, -0.1) is 0 Å². The van der Waals surface area contributed by atoms with Crippen molar-refractivity contribution in [2.75, 3.05) is 33.2 Å². The zero-order chi connectivity index (χ0) is 10.7. The number of hydrogen-bond donors (Lipinski definition) is 0. The lowest BCUT2D eigenvalue weighted by Gasteiger charge is -2.35. The molecule has 0 amide bonds. The quantitative estimate of drug-likeness (QED) is 0.515. The molecule has 1 saturated heterocycles. The minimum absolute atomic E-state index is 0.0926. The third-order valence-corrected chi connectivity index (χ3v) is 3.05.